The summed E-state index contributed by atoms with van der Waals surface area (Å²) in [5.74, 6) is 0. The molecule has 1 aliphatic heterocycles. The van der Waals surface area contributed by atoms with Crippen molar-refractivity contribution in [3.8, 4) is 11.1 Å². The number of hydrogen-bond acceptors (Lipinski definition) is 3. The molecule has 1 aliphatic rings. The van der Waals surface area contributed by atoms with Crippen molar-refractivity contribution in [2.24, 2.45) is 0 Å². The highest BCUT2D eigenvalue weighted by Gasteiger charge is 2.32. The van der Waals surface area contributed by atoms with E-state index in [1.807, 2.05) is 0 Å². The number of rotatable bonds is 7. The van der Waals surface area contributed by atoms with Crippen LogP contribution < -0.4 is 26.0 Å². The van der Waals surface area contributed by atoms with E-state index in [0.717, 1.165) is 35.7 Å². The standard InChI is InChI=1S/C67H70BN3/c1-43-38-50(67(11,12)13)28-36-60(43)71-61-37-35-54(70(52-31-24-48(25-32-52)65(5,6)7)53-33-26-49(27-34-53)66(8,9)10)42-58(61)68-62-57(40-46-20-16-17-21-55(46)63(62)71)56-39-44-18-14-15-19-45(44)41-59(56)69-51-29-22-47(23-30-51)64(2,3)4/h14-42,68-69H,1-13H3. The van der Waals surface area contributed by atoms with Crippen LogP contribution in [0.2, 0.25) is 0 Å². The van der Waals surface area contributed by atoms with Crippen molar-refractivity contribution < 1.29 is 0 Å². The third-order valence-electron chi connectivity index (χ3n) is 14.8. The van der Waals surface area contributed by atoms with Crippen LogP contribution >= 0.6 is 0 Å². The van der Waals surface area contributed by atoms with Crippen molar-refractivity contribution >= 4 is 85.2 Å². The highest BCUT2D eigenvalue weighted by Crippen LogP contribution is 2.47. The zero-order chi connectivity index (χ0) is 50.2. The molecule has 1 heterocycles. The lowest BCUT2D eigenvalue weighted by atomic mass is 9.57. The van der Waals surface area contributed by atoms with Gasteiger partial charge >= 0.3 is 0 Å². The number of fused-ring (bicyclic) bond motifs is 5. The van der Waals surface area contributed by atoms with E-state index in [2.05, 4.69) is 281 Å². The molecule has 0 fully saturated rings. The Morgan fingerprint density at radius 2 is 0.887 bits per heavy atom. The Balaban J connectivity index is 1.22. The Bertz CT molecular complexity index is 3390. The van der Waals surface area contributed by atoms with Gasteiger partial charge in [0.05, 0.1) is 0 Å². The predicted octanol–water partition coefficient (Wildman–Crippen LogP) is 17.5. The molecule has 0 amide bonds. The second-order valence-corrected chi connectivity index (χ2v) is 24.2. The topological polar surface area (TPSA) is 18.5 Å². The van der Waals surface area contributed by atoms with Gasteiger partial charge in [0.15, 0.2) is 7.28 Å². The monoisotopic (exact) mass is 928 g/mol. The largest absolute Gasteiger partial charge is 0.355 e. The van der Waals surface area contributed by atoms with E-state index in [4.69, 9.17) is 0 Å². The molecular formula is C67H70BN3. The first kappa shape index (κ1) is 47.6. The van der Waals surface area contributed by atoms with Crippen LogP contribution in [0.5, 0.6) is 0 Å². The smallest absolute Gasteiger partial charge is 0.198 e. The van der Waals surface area contributed by atoms with Crippen LogP contribution in [0.15, 0.2) is 176 Å². The van der Waals surface area contributed by atoms with Gasteiger partial charge in [-0.05, 0) is 162 Å². The number of benzene rings is 9. The summed E-state index contributed by atoms with van der Waals surface area (Å²) in [5.41, 5.74) is 20.9. The Kier molecular flexibility index (Phi) is 11.9. The van der Waals surface area contributed by atoms with Gasteiger partial charge < -0.3 is 15.1 Å². The predicted molar refractivity (Wildman–Crippen MR) is 312 cm³/mol. The molecule has 0 bridgehead atoms. The molecule has 0 aromatic heterocycles. The highest BCUT2D eigenvalue weighted by molar-refractivity contribution is 6.74. The normalized spacial score (nSPS) is 12.9. The molecule has 10 rings (SSSR count). The summed E-state index contributed by atoms with van der Waals surface area (Å²) in [6, 6.07) is 66.7. The SMILES string of the molecule is Cc1cc(C(C)(C)C)ccc1N1c2ccc(N(c3ccc(C(C)(C)C)cc3)c3ccc(C(C)(C)C)cc3)cc2Bc2c(-c3cc4ccccc4cc3Nc3ccc(C(C)(C)C)cc3)cc3ccccc3c21. The molecule has 356 valence electrons. The van der Waals surface area contributed by atoms with Crippen molar-refractivity contribution in [1.82, 2.24) is 0 Å². The maximum Gasteiger partial charge on any atom is 0.198 e. The van der Waals surface area contributed by atoms with E-state index in [0.29, 0.717) is 0 Å². The van der Waals surface area contributed by atoms with Gasteiger partial charge in [0.1, 0.15) is 0 Å². The Labute approximate surface area is 424 Å². The summed E-state index contributed by atoms with van der Waals surface area (Å²) in [6.07, 6.45) is 0. The summed E-state index contributed by atoms with van der Waals surface area (Å²) in [7, 11) is 0.751. The second kappa shape index (κ2) is 17.7. The fourth-order valence-electron chi connectivity index (χ4n) is 10.5. The summed E-state index contributed by atoms with van der Waals surface area (Å²) in [6.45, 7) is 29.8. The van der Waals surface area contributed by atoms with Crippen LogP contribution in [-0.4, -0.2) is 7.28 Å². The number of nitrogens with one attached hydrogen (secondary N) is 1. The summed E-state index contributed by atoms with van der Waals surface area (Å²) < 4.78 is 0. The molecule has 0 saturated carbocycles. The number of anilines is 8. The lowest BCUT2D eigenvalue weighted by Crippen LogP contribution is -2.41. The lowest BCUT2D eigenvalue weighted by Gasteiger charge is -2.38. The minimum Gasteiger partial charge on any atom is -0.355 e. The average Bonchev–Trinajstić information content (AvgIpc) is 3.32. The van der Waals surface area contributed by atoms with Crippen LogP contribution in [0.1, 0.15) is 111 Å². The molecule has 0 aliphatic carbocycles. The number of aryl methyl sites for hydroxylation is 1. The maximum absolute atomic E-state index is 3.95. The van der Waals surface area contributed by atoms with E-state index in [1.54, 1.807) is 0 Å². The van der Waals surface area contributed by atoms with Gasteiger partial charge in [0.25, 0.3) is 0 Å². The number of nitrogens with zero attached hydrogens (tertiary/aromatic N) is 2. The molecule has 0 atom stereocenters. The summed E-state index contributed by atoms with van der Waals surface area (Å²) in [4.78, 5) is 5.03. The summed E-state index contributed by atoms with van der Waals surface area (Å²) >= 11 is 0. The zero-order valence-electron chi connectivity index (χ0n) is 44.3. The Morgan fingerprint density at radius 3 is 1.44 bits per heavy atom. The van der Waals surface area contributed by atoms with Gasteiger partial charge in [-0.15, -0.1) is 0 Å². The first-order valence-corrected chi connectivity index (χ1v) is 25.6. The van der Waals surface area contributed by atoms with Gasteiger partial charge in [-0.2, -0.15) is 0 Å². The van der Waals surface area contributed by atoms with Crippen molar-refractivity contribution in [2.45, 2.75) is 112 Å². The molecule has 4 heteroatoms. The van der Waals surface area contributed by atoms with Gasteiger partial charge in [-0.3, -0.25) is 0 Å². The van der Waals surface area contributed by atoms with Crippen LogP contribution in [-0.2, 0) is 21.7 Å². The third-order valence-corrected chi connectivity index (χ3v) is 14.8. The van der Waals surface area contributed by atoms with Crippen molar-refractivity contribution in [2.75, 3.05) is 15.1 Å². The molecule has 9 aromatic carbocycles. The van der Waals surface area contributed by atoms with Crippen molar-refractivity contribution in [1.29, 1.82) is 0 Å². The molecule has 0 spiro atoms. The van der Waals surface area contributed by atoms with E-state index in [-0.39, 0.29) is 21.7 Å². The van der Waals surface area contributed by atoms with Crippen LogP contribution in [0.25, 0.3) is 32.7 Å². The van der Waals surface area contributed by atoms with E-state index < -0.39 is 0 Å². The second-order valence-electron chi connectivity index (χ2n) is 24.2. The van der Waals surface area contributed by atoms with Gasteiger partial charge in [-0.1, -0.05) is 186 Å². The molecule has 3 nitrogen and oxygen atoms in total. The fraction of sp³-hybridized carbons (Fsp3) is 0.254. The molecule has 0 radical (unpaired) electrons. The lowest BCUT2D eigenvalue weighted by molar-refractivity contribution is 0.589. The first-order chi connectivity index (χ1) is 33.6. The first-order valence-electron chi connectivity index (χ1n) is 25.6. The van der Waals surface area contributed by atoms with Gasteiger partial charge in [0.2, 0.25) is 0 Å². The Morgan fingerprint density at radius 1 is 0.423 bits per heavy atom. The van der Waals surface area contributed by atoms with Gasteiger partial charge in [0, 0.05) is 56.4 Å². The van der Waals surface area contributed by atoms with E-state index >= 15 is 0 Å². The molecule has 1 N–H and O–H groups in total. The molecular weight excluding hydrogens is 858 g/mol. The zero-order valence-corrected chi connectivity index (χ0v) is 44.3. The molecule has 71 heavy (non-hydrogen) atoms. The number of hydrogen-bond donors (Lipinski definition) is 1. The molecule has 0 unspecified atom stereocenters. The van der Waals surface area contributed by atoms with Crippen molar-refractivity contribution in [3.63, 3.8) is 0 Å². The average molecular weight is 928 g/mol. The van der Waals surface area contributed by atoms with Crippen LogP contribution in [0.3, 0.4) is 0 Å². The van der Waals surface area contributed by atoms with E-state index in [1.165, 1.54) is 88.5 Å². The molecule has 0 saturated heterocycles. The minimum atomic E-state index is 0.0158. The summed E-state index contributed by atoms with van der Waals surface area (Å²) in [5, 5.41) is 8.83. The highest BCUT2D eigenvalue weighted by atomic mass is 15.2. The van der Waals surface area contributed by atoms with Gasteiger partial charge in [-0.25, -0.2) is 0 Å². The Hall–Kier alpha value is -7.04. The van der Waals surface area contributed by atoms with Crippen molar-refractivity contribution in [3.05, 3.63) is 204 Å². The fourth-order valence-corrected chi connectivity index (χ4v) is 10.5. The van der Waals surface area contributed by atoms with Crippen LogP contribution in [0, 0.1) is 6.92 Å². The van der Waals surface area contributed by atoms with Crippen LogP contribution in [0.4, 0.5) is 45.5 Å². The van der Waals surface area contributed by atoms with E-state index in [9.17, 15) is 0 Å². The minimum absolute atomic E-state index is 0.0158. The quantitative estimate of drug-likeness (QED) is 0.161. The maximum atomic E-state index is 3.95. The third kappa shape index (κ3) is 9.26. The molecule has 9 aromatic rings.